The van der Waals surface area contributed by atoms with Gasteiger partial charge >= 0.3 is 5.97 Å². The summed E-state index contributed by atoms with van der Waals surface area (Å²) in [5, 5.41) is 11.5. The van der Waals surface area contributed by atoms with E-state index in [4.69, 9.17) is 10.5 Å². The second kappa shape index (κ2) is 7.07. The molecule has 2 atom stereocenters. The average molecular weight is 299 g/mol. The van der Waals surface area contributed by atoms with E-state index >= 15 is 0 Å². The number of hydrogen-bond donors (Lipinski definition) is 3. The van der Waals surface area contributed by atoms with Crippen LogP contribution in [0, 0.1) is 0 Å². The van der Waals surface area contributed by atoms with E-state index in [0.29, 0.717) is 13.1 Å². The number of aliphatic carboxylic acids is 1. The van der Waals surface area contributed by atoms with Crippen LogP contribution in [0.3, 0.4) is 0 Å². The molecule has 0 aromatic heterocycles. The number of ether oxygens (including phenoxy) is 1. The van der Waals surface area contributed by atoms with Crippen LogP contribution in [-0.4, -0.2) is 53.0 Å². The predicted octanol–water partition coefficient (Wildman–Crippen LogP) is -0.597. The van der Waals surface area contributed by atoms with Gasteiger partial charge in [-0.05, 0) is 13.8 Å². The highest BCUT2D eigenvalue weighted by Crippen LogP contribution is 2.23. The SMILES string of the molecule is CCN(CC)C(=O)[C@H]1C[C@H](N)C(NC(C)=O)=C(C(=O)O)O1. The Kier molecular flexibility index (Phi) is 5.71. The minimum absolute atomic E-state index is 0.00130. The van der Waals surface area contributed by atoms with Crippen LogP contribution in [0.1, 0.15) is 27.2 Å². The Morgan fingerprint density at radius 3 is 2.38 bits per heavy atom. The molecule has 8 heteroatoms. The molecule has 0 bridgehead atoms. The number of nitrogens with zero attached hydrogens (tertiary/aromatic N) is 1. The van der Waals surface area contributed by atoms with E-state index in [1.54, 1.807) is 4.90 Å². The number of carboxylic acid groups (broad SMARTS) is 1. The third-order valence-corrected chi connectivity index (χ3v) is 3.20. The minimum Gasteiger partial charge on any atom is -0.475 e. The van der Waals surface area contributed by atoms with E-state index in [0.717, 1.165) is 0 Å². The summed E-state index contributed by atoms with van der Waals surface area (Å²) in [6.07, 6.45) is -0.842. The number of carbonyl (C=O) groups is 3. The van der Waals surface area contributed by atoms with Crippen molar-refractivity contribution in [3.8, 4) is 0 Å². The lowest BCUT2D eigenvalue weighted by Gasteiger charge is -2.32. The fourth-order valence-electron chi connectivity index (χ4n) is 2.17. The molecule has 0 unspecified atom stereocenters. The van der Waals surface area contributed by atoms with Gasteiger partial charge in [0.1, 0.15) is 0 Å². The Morgan fingerprint density at radius 2 is 1.95 bits per heavy atom. The van der Waals surface area contributed by atoms with Crippen molar-refractivity contribution in [2.24, 2.45) is 5.73 Å². The first-order chi connectivity index (χ1) is 9.81. The molecule has 8 nitrogen and oxygen atoms in total. The molecule has 0 saturated heterocycles. The first-order valence-corrected chi connectivity index (χ1v) is 6.77. The highest BCUT2D eigenvalue weighted by molar-refractivity contribution is 5.89. The molecule has 0 aliphatic carbocycles. The summed E-state index contributed by atoms with van der Waals surface area (Å²) in [7, 11) is 0. The Morgan fingerprint density at radius 1 is 1.38 bits per heavy atom. The number of nitrogens with one attached hydrogen (secondary N) is 1. The first-order valence-electron chi connectivity index (χ1n) is 6.77. The summed E-state index contributed by atoms with van der Waals surface area (Å²) < 4.78 is 5.27. The van der Waals surface area contributed by atoms with Gasteiger partial charge < -0.3 is 25.8 Å². The predicted molar refractivity (Wildman–Crippen MR) is 73.9 cm³/mol. The molecule has 1 heterocycles. The summed E-state index contributed by atoms with van der Waals surface area (Å²) in [5.74, 6) is -2.60. The van der Waals surface area contributed by atoms with E-state index in [-0.39, 0.29) is 18.0 Å². The zero-order valence-electron chi connectivity index (χ0n) is 12.4. The molecule has 0 radical (unpaired) electrons. The minimum atomic E-state index is -1.37. The number of carboxylic acids is 1. The van der Waals surface area contributed by atoms with Crippen molar-refractivity contribution in [2.75, 3.05) is 13.1 Å². The normalized spacial score (nSPS) is 21.5. The lowest BCUT2D eigenvalue weighted by Crippen LogP contribution is -2.49. The molecule has 1 rings (SSSR count). The summed E-state index contributed by atoms with van der Waals surface area (Å²) in [6.45, 7) is 5.87. The Balaban J connectivity index is 3.04. The average Bonchev–Trinajstić information content (AvgIpc) is 2.41. The van der Waals surface area contributed by atoms with Gasteiger partial charge in [0, 0.05) is 26.4 Å². The van der Waals surface area contributed by atoms with Crippen molar-refractivity contribution in [3.63, 3.8) is 0 Å². The molecular formula is C13H21N3O5. The van der Waals surface area contributed by atoms with Crippen LogP contribution >= 0.6 is 0 Å². The van der Waals surface area contributed by atoms with Gasteiger partial charge in [-0.1, -0.05) is 0 Å². The molecular weight excluding hydrogens is 278 g/mol. The van der Waals surface area contributed by atoms with E-state index in [1.165, 1.54) is 6.92 Å². The number of nitrogens with two attached hydrogens (primary N) is 1. The standard InChI is InChI=1S/C13H21N3O5/c1-4-16(5-2)12(18)9-6-8(14)10(15-7(3)17)11(21-9)13(19)20/h8-9H,4-6,14H2,1-3H3,(H,15,17)(H,19,20)/t8-,9+/m0/s1. The van der Waals surface area contributed by atoms with E-state index in [9.17, 15) is 19.5 Å². The molecule has 21 heavy (non-hydrogen) atoms. The van der Waals surface area contributed by atoms with Crippen molar-refractivity contribution in [3.05, 3.63) is 11.5 Å². The third kappa shape index (κ3) is 3.94. The quantitative estimate of drug-likeness (QED) is 0.623. The van der Waals surface area contributed by atoms with Crippen LogP contribution in [0.15, 0.2) is 11.5 Å². The smallest absolute Gasteiger partial charge is 0.373 e. The van der Waals surface area contributed by atoms with Crippen molar-refractivity contribution in [1.82, 2.24) is 10.2 Å². The Hall–Kier alpha value is -2.09. The second-order valence-electron chi connectivity index (χ2n) is 4.69. The van der Waals surface area contributed by atoms with E-state index in [2.05, 4.69) is 5.32 Å². The molecule has 0 aromatic rings. The van der Waals surface area contributed by atoms with Crippen molar-refractivity contribution in [1.29, 1.82) is 0 Å². The fraction of sp³-hybridized carbons (Fsp3) is 0.615. The van der Waals surface area contributed by atoms with Crippen LogP contribution < -0.4 is 11.1 Å². The summed E-state index contributed by atoms with van der Waals surface area (Å²) in [4.78, 5) is 36.2. The lowest BCUT2D eigenvalue weighted by atomic mass is 10.0. The molecule has 1 aliphatic rings. The Bertz CT molecular complexity index is 470. The lowest BCUT2D eigenvalue weighted by molar-refractivity contribution is -0.147. The number of likely N-dealkylation sites (N-methyl/N-ethyl adjacent to an activating group) is 1. The maximum absolute atomic E-state index is 12.2. The highest BCUT2D eigenvalue weighted by atomic mass is 16.5. The Labute approximate surface area is 122 Å². The van der Waals surface area contributed by atoms with Crippen molar-refractivity contribution < 1.29 is 24.2 Å². The maximum Gasteiger partial charge on any atom is 0.373 e. The van der Waals surface area contributed by atoms with E-state index in [1.807, 2.05) is 13.8 Å². The molecule has 4 N–H and O–H groups in total. The molecule has 0 aromatic carbocycles. The van der Waals surface area contributed by atoms with Crippen molar-refractivity contribution >= 4 is 17.8 Å². The molecule has 0 fully saturated rings. The van der Waals surface area contributed by atoms with Crippen LogP contribution in [0.25, 0.3) is 0 Å². The number of hydrogen-bond acceptors (Lipinski definition) is 5. The van der Waals surface area contributed by atoms with Crippen LogP contribution in [0.5, 0.6) is 0 Å². The molecule has 0 saturated carbocycles. The summed E-state index contributed by atoms with van der Waals surface area (Å²) in [5.41, 5.74) is 5.88. The van der Waals surface area contributed by atoms with Gasteiger partial charge in [0.15, 0.2) is 6.10 Å². The molecule has 0 spiro atoms. The monoisotopic (exact) mass is 299 g/mol. The number of carbonyl (C=O) groups excluding carboxylic acids is 2. The van der Waals surface area contributed by atoms with Gasteiger partial charge in [-0.3, -0.25) is 9.59 Å². The molecule has 118 valence electrons. The summed E-state index contributed by atoms with van der Waals surface area (Å²) in [6, 6.07) is -0.779. The van der Waals surface area contributed by atoms with Crippen LogP contribution in [-0.2, 0) is 19.1 Å². The number of amides is 2. The van der Waals surface area contributed by atoms with E-state index < -0.39 is 29.8 Å². The fourth-order valence-corrected chi connectivity index (χ4v) is 2.17. The van der Waals surface area contributed by atoms with Crippen LogP contribution in [0.2, 0.25) is 0 Å². The zero-order valence-corrected chi connectivity index (χ0v) is 12.4. The highest BCUT2D eigenvalue weighted by Gasteiger charge is 2.37. The molecule has 1 aliphatic heterocycles. The molecule has 2 amide bonds. The van der Waals surface area contributed by atoms with Gasteiger partial charge in [0.2, 0.25) is 11.7 Å². The van der Waals surface area contributed by atoms with Crippen LogP contribution in [0.4, 0.5) is 0 Å². The van der Waals surface area contributed by atoms with Gasteiger partial charge in [-0.2, -0.15) is 0 Å². The summed E-state index contributed by atoms with van der Waals surface area (Å²) >= 11 is 0. The topological polar surface area (TPSA) is 122 Å². The maximum atomic E-state index is 12.2. The van der Waals surface area contributed by atoms with Crippen molar-refractivity contribution in [2.45, 2.75) is 39.3 Å². The van der Waals surface area contributed by atoms with Gasteiger partial charge in [0.05, 0.1) is 11.7 Å². The van der Waals surface area contributed by atoms with Gasteiger partial charge in [-0.15, -0.1) is 0 Å². The van der Waals surface area contributed by atoms with Gasteiger partial charge in [0.25, 0.3) is 5.91 Å². The third-order valence-electron chi connectivity index (χ3n) is 3.20. The first kappa shape index (κ1) is 17.0. The van der Waals surface area contributed by atoms with Gasteiger partial charge in [-0.25, -0.2) is 4.79 Å². The zero-order chi connectivity index (χ0) is 16.2. The largest absolute Gasteiger partial charge is 0.475 e. The number of rotatable bonds is 5. The second-order valence-corrected chi connectivity index (χ2v) is 4.69.